The van der Waals surface area contributed by atoms with Gasteiger partial charge in [0.1, 0.15) is 0 Å². The maximum absolute atomic E-state index is 12.7. The molecule has 0 aromatic heterocycles. The predicted molar refractivity (Wildman–Crippen MR) is 101 cm³/mol. The zero-order chi connectivity index (χ0) is 18.0. The highest BCUT2D eigenvalue weighted by atomic mass is 79.9. The first-order valence-electron chi connectivity index (χ1n) is 7.88. The van der Waals surface area contributed by atoms with Gasteiger partial charge in [0, 0.05) is 22.6 Å². The van der Waals surface area contributed by atoms with Gasteiger partial charge < -0.3 is 4.90 Å². The second kappa shape index (κ2) is 7.48. The standard InChI is InChI=1S/C18H17BrClNO3S/c19-14-3-1-13(2-4-14)11-18(22)21-10-9-17(12-21)25(23,24)16-7-5-15(20)6-8-16/h1-8,17H,9-12H2. The van der Waals surface area contributed by atoms with E-state index in [4.69, 9.17) is 11.6 Å². The molecule has 0 spiro atoms. The van der Waals surface area contributed by atoms with Gasteiger partial charge >= 0.3 is 0 Å². The lowest BCUT2D eigenvalue weighted by atomic mass is 10.1. The van der Waals surface area contributed by atoms with Crippen LogP contribution in [-0.4, -0.2) is 37.6 Å². The SMILES string of the molecule is O=C(Cc1ccc(Br)cc1)N1CCC(S(=O)(=O)c2ccc(Cl)cc2)C1. The van der Waals surface area contributed by atoms with E-state index in [1.54, 1.807) is 17.0 Å². The van der Waals surface area contributed by atoms with Gasteiger partial charge in [0.2, 0.25) is 5.91 Å². The van der Waals surface area contributed by atoms with E-state index in [-0.39, 0.29) is 23.8 Å². The van der Waals surface area contributed by atoms with E-state index in [9.17, 15) is 13.2 Å². The first-order valence-corrected chi connectivity index (χ1v) is 10.6. The first-order chi connectivity index (χ1) is 11.9. The van der Waals surface area contributed by atoms with Crippen LogP contribution >= 0.6 is 27.5 Å². The molecule has 0 bridgehead atoms. The van der Waals surface area contributed by atoms with Crippen molar-refractivity contribution in [3.8, 4) is 0 Å². The molecule has 1 amide bonds. The van der Waals surface area contributed by atoms with E-state index in [0.29, 0.717) is 18.0 Å². The number of benzene rings is 2. The van der Waals surface area contributed by atoms with Crippen molar-refractivity contribution in [1.29, 1.82) is 0 Å². The lowest BCUT2D eigenvalue weighted by Gasteiger charge is -2.17. The molecule has 3 rings (SSSR count). The molecule has 0 radical (unpaired) electrons. The van der Waals surface area contributed by atoms with E-state index in [2.05, 4.69) is 15.9 Å². The summed E-state index contributed by atoms with van der Waals surface area (Å²) in [6.07, 6.45) is 0.734. The van der Waals surface area contributed by atoms with E-state index in [1.165, 1.54) is 12.1 Å². The number of nitrogens with zero attached hydrogens (tertiary/aromatic N) is 1. The smallest absolute Gasteiger partial charge is 0.227 e. The minimum Gasteiger partial charge on any atom is -0.341 e. The van der Waals surface area contributed by atoms with Crippen molar-refractivity contribution in [3.63, 3.8) is 0 Å². The summed E-state index contributed by atoms with van der Waals surface area (Å²) in [4.78, 5) is 14.3. The summed E-state index contributed by atoms with van der Waals surface area (Å²) in [6.45, 7) is 0.702. The summed E-state index contributed by atoms with van der Waals surface area (Å²) in [7, 11) is -3.46. The number of rotatable bonds is 4. The Morgan fingerprint density at radius 3 is 2.40 bits per heavy atom. The van der Waals surface area contributed by atoms with Crippen molar-refractivity contribution < 1.29 is 13.2 Å². The number of carbonyl (C=O) groups is 1. The van der Waals surface area contributed by atoms with Crippen LogP contribution in [0.5, 0.6) is 0 Å². The molecule has 0 aliphatic carbocycles. The molecule has 4 nitrogen and oxygen atoms in total. The Kier molecular flexibility index (Phi) is 5.51. The van der Waals surface area contributed by atoms with Gasteiger partial charge in [-0.05, 0) is 48.4 Å². The molecule has 1 unspecified atom stereocenters. The molecule has 0 N–H and O–H groups in total. The van der Waals surface area contributed by atoms with Gasteiger partial charge in [-0.15, -0.1) is 0 Å². The Hall–Kier alpha value is -1.37. The molecule has 25 heavy (non-hydrogen) atoms. The normalized spacial score (nSPS) is 17.7. The number of hydrogen-bond acceptors (Lipinski definition) is 3. The van der Waals surface area contributed by atoms with E-state index in [0.717, 1.165) is 10.0 Å². The van der Waals surface area contributed by atoms with Crippen LogP contribution in [0.25, 0.3) is 0 Å². The van der Waals surface area contributed by atoms with Crippen molar-refractivity contribution >= 4 is 43.3 Å². The van der Waals surface area contributed by atoms with Crippen molar-refractivity contribution in [2.24, 2.45) is 0 Å². The lowest BCUT2D eigenvalue weighted by molar-refractivity contribution is -0.129. The Labute approximate surface area is 160 Å². The van der Waals surface area contributed by atoms with Gasteiger partial charge in [-0.2, -0.15) is 0 Å². The number of amides is 1. The minimum absolute atomic E-state index is 0.0453. The van der Waals surface area contributed by atoms with Crippen molar-refractivity contribution in [2.45, 2.75) is 23.0 Å². The monoisotopic (exact) mass is 441 g/mol. The quantitative estimate of drug-likeness (QED) is 0.725. The topological polar surface area (TPSA) is 54.5 Å². The molecule has 132 valence electrons. The lowest BCUT2D eigenvalue weighted by Crippen LogP contribution is -2.32. The molecular formula is C18H17BrClNO3S. The summed E-state index contributed by atoms with van der Waals surface area (Å²) in [6, 6.07) is 13.7. The van der Waals surface area contributed by atoms with Crippen molar-refractivity contribution in [2.75, 3.05) is 13.1 Å². The third-order valence-corrected chi connectivity index (χ3v) is 7.32. The molecule has 1 heterocycles. The highest BCUT2D eigenvalue weighted by molar-refractivity contribution is 9.10. The molecule has 1 atom stereocenters. The average Bonchev–Trinajstić information content (AvgIpc) is 3.08. The molecule has 1 aliphatic rings. The summed E-state index contributed by atoms with van der Waals surface area (Å²) in [5.74, 6) is -0.0453. The van der Waals surface area contributed by atoms with Crippen LogP contribution in [0.1, 0.15) is 12.0 Å². The van der Waals surface area contributed by atoms with Gasteiger partial charge in [0.05, 0.1) is 16.6 Å². The Morgan fingerprint density at radius 1 is 1.12 bits per heavy atom. The Balaban J connectivity index is 1.67. The number of halogens is 2. The van der Waals surface area contributed by atoms with Crippen LogP contribution in [0, 0.1) is 0 Å². The van der Waals surface area contributed by atoms with Gasteiger partial charge in [0.15, 0.2) is 9.84 Å². The molecule has 1 fully saturated rings. The highest BCUT2D eigenvalue weighted by Crippen LogP contribution is 2.25. The summed E-state index contributed by atoms with van der Waals surface area (Å²) in [5.41, 5.74) is 0.914. The number of sulfone groups is 1. The molecular weight excluding hydrogens is 426 g/mol. The van der Waals surface area contributed by atoms with Gasteiger partial charge in [-0.3, -0.25) is 4.79 Å². The third-order valence-electron chi connectivity index (χ3n) is 4.35. The maximum Gasteiger partial charge on any atom is 0.227 e. The van der Waals surface area contributed by atoms with Crippen LogP contribution in [0.3, 0.4) is 0 Å². The molecule has 1 aliphatic heterocycles. The number of likely N-dealkylation sites (tertiary alicyclic amines) is 1. The Bertz CT molecular complexity index is 866. The number of hydrogen-bond donors (Lipinski definition) is 0. The van der Waals surface area contributed by atoms with Crippen LogP contribution in [0.15, 0.2) is 57.9 Å². The van der Waals surface area contributed by atoms with E-state index >= 15 is 0 Å². The van der Waals surface area contributed by atoms with Gasteiger partial charge in [0.25, 0.3) is 0 Å². The van der Waals surface area contributed by atoms with Crippen LogP contribution in [0.4, 0.5) is 0 Å². The fourth-order valence-electron chi connectivity index (χ4n) is 2.91. The minimum atomic E-state index is -3.46. The second-order valence-corrected chi connectivity index (χ2v) is 9.63. The fourth-order valence-corrected chi connectivity index (χ4v) is 5.00. The molecule has 2 aromatic rings. The number of carbonyl (C=O) groups excluding carboxylic acids is 1. The highest BCUT2D eigenvalue weighted by Gasteiger charge is 2.35. The first kappa shape index (κ1) is 18.4. The Morgan fingerprint density at radius 2 is 1.76 bits per heavy atom. The molecule has 2 aromatic carbocycles. The zero-order valence-corrected chi connectivity index (χ0v) is 16.5. The van der Waals surface area contributed by atoms with Crippen LogP contribution in [-0.2, 0) is 21.1 Å². The van der Waals surface area contributed by atoms with Crippen LogP contribution in [0.2, 0.25) is 5.02 Å². The molecule has 1 saturated heterocycles. The van der Waals surface area contributed by atoms with Gasteiger partial charge in [-0.25, -0.2) is 8.42 Å². The molecule has 7 heteroatoms. The second-order valence-electron chi connectivity index (χ2n) is 6.05. The molecule has 0 saturated carbocycles. The average molecular weight is 443 g/mol. The third kappa shape index (κ3) is 4.25. The van der Waals surface area contributed by atoms with Crippen LogP contribution < -0.4 is 0 Å². The summed E-state index contributed by atoms with van der Waals surface area (Å²) < 4.78 is 26.4. The van der Waals surface area contributed by atoms with Crippen molar-refractivity contribution in [1.82, 2.24) is 4.90 Å². The largest absolute Gasteiger partial charge is 0.341 e. The predicted octanol–water partition coefficient (Wildman–Crippen LogP) is 3.72. The maximum atomic E-state index is 12.7. The fraction of sp³-hybridized carbons (Fsp3) is 0.278. The summed E-state index contributed by atoms with van der Waals surface area (Å²) in [5, 5.41) is -0.0702. The van der Waals surface area contributed by atoms with Gasteiger partial charge in [-0.1, -0.05) is 39.7 Å². The van der Waals surface area contributed by atoms with E-state index in [1.807, 2.05) is 24.3 Å². The zero-order valence-electron chi connectivity index (χ0n) is 13.4. The van der Waals surface area contributed by atoms with Crippen molar-refractivity contribution in [3.05, 3.63) is 63.6 Å². The summed E-state index contributed by atoms with van der Waals surface area (Å²) >= 11 is 9.19. The van der Waals surface area contributed by atoms with E-state index < -0.39 is 15.1 Å².